The summed E-state index contributed by atoms with van der Waals surface area (Å²) in [5.74, 6) is 1.32. The molecule has 2 aromatic rings. The van der Waals surface area contributed by atoms with Gasteiger partial charge in [-0.1, -0.05) is 18.2 Å². The van der Waals surface area contributed by atoms with Crippen LogP contribution in [0.15, 0.2) is 45.5 Å². The molecule has 4 nitrogen and oxygen atoms in total. The summed E-state index contributed by atoms with van der Waals surface area (Å²) in [5.41, 5.74) is 1.15. The molecule has 5 heteroatoms. The Kier molecular flexibility index (Phi) is 3.78. The van der Waals surface area contributed by atoms with Crippen LogP contribution >= 0.6 is 15.9 Å². The molecule has 1 N–H and O–H groups in total. The molecule has 1 aromatic heterocycles. The summed E-state index contributed by atoms with van der Waals surface area (Å²) in [7, 11) is 0. The molecule has 104 valence electrons. The van der Waals surface area contributed by atoms with Crippen LogP contribution in [0.3, 0.4) is 0 Å². The minimum Gasteiger partial charge on any atom is -0.493 e. The number of nitrogens with one attached hydrogen (secondary N) is 1. The fourth-order valence-corrected chi connectivity index (χ4v) is 2.67. The molecular weight excluding hydrogens is 322 g/mol. The maximum absolute atomic E-state index is 12.0. The third kappa shape index (κ3) is 2.72. The van der Waals surface area contributed by atoms with Crippen molar-refractivity contribution in [2.24, 2.45) is 0 Å². The van der Waals surface area contributed by atoms with Crippen LogP contribution in [0.5, 0.6) is 5.75 Å². The van der Waals surface area contributed by atoms with Gasteiger partial charge in [-0.05, 0) is 46.1 Å². The Hall–Kier alpha value is -1.75. The zero-order valence-electron chi connectivity index (χ0n) is 10.8. The number of para-hydroxylation sites is 1. The van der Waals surface area contributed by atoms with Gasteiger partial charge in [0.2, 0.25) is 0 Å². The van der Waals surface area contributed by atoms with E-state index >= 15 is 0 Å². The molecule has 1 unspecified atom stereocenters. The SMILES string of the molecule is O=C(NCC1CCOc2ccccc21)c1ccc(Br)o1. The molecule has 1 aromatic carbocycles. The lowest BCUT2D eigenvalue weighted by Gasteiger charge is -2.25. The van der Waals surface area contributed by atoms with Crippen molar-refractivity contribution < 1.29 is 13.9 Å². The van der Waals surface area contributed by atoms with E-state index < -0.39 is 0 Å². The Morgan fingerprint density at radius 1 is 1.30 bits per heavy atom. The molecule has 3 rings (SSSR count). The molecule has 0 bridgehead atoms. The molecule has 0 spiro atoms. The molecule has 1 aliphatic rings. The second kappa shape index (κ2) is 5.71. The van der Waals surface area contributed by atoms with Gasteiger partial charge in [-0.2, -0.15) is 0 Å². The van der Waals surface area contributed by atoms with Gasteiger partial charge in [0.1, 0.15) is 5.75 Å². The van der Waals surface area contributed by atoms with E-state index in [0.717, 1.165) is 17.7 Å². The minimum absolute atomic E-state index is 0.195. The highest BCUT2D eigenvalue weighted by Gasteiger charge is 2.22. The average molecular weight is 336 g/mol. The van der Waals surface area contributed by atoms with Crippen molar-refractivity contribution in [3.8, 4) is 5.75 Å². The Labute approximate surface area is 125 Å². The number of carbonyl (C=O) groups is 1. The van der Waals surface area contributed by atoms with Crippen molar-refractivity contribution in [3.05, 3.63) is 52.4 Å². The van der Waals surface area contributed by atoms with Gasteiger partial charge in [0.05, 0.1) is 6.61 Å². The summed E-state index contributed by atoms with van der Waals surface area (Å²) < 4.78 is 11.4. The summed E-state index contributed by atoms with van der Waals surface area (Å²) in [6.07, 6.45) is 0.902. The van der Waals surface area contributed by atoms with Crippen LogP contribution in [0, 0.1) is 0 Å². The van der Waals surface area contributed by atoms with Crippen molar-refractivity contribution in [2.75, 3.05) is 13.2 Å². The largest absolute Gasteiger partial charge is 0.493 e. The van der Waals surface area contributed by atoms with Crippen LogP contribution in [0.2, 0.25) is 0 Å². The summed E-state index contributed by atoms with van der Waals surface area (Å²) in [6, 6.07) is 11.3. The first kappa shape index (κ1) is 13.2. The van der Waals surface area contributed by atoms with Crippen molar-refractivity contribution >= 4 is 21.8 Å². The van der Waals surface area contributed by atoms with Gasteiger partial charge < -0.3 is 14.5 Å². The molecule has 1 aliphatic heterocycles. The van der Waals surface area contributed by atoms with Crippen molar-refractivity contribution in [2.45, 2.75) is 12.3 Å². The van der Waals surface area contributed by atoms with E-state index in [2.05, 4.69) is 27.3 Å². The van der Waals surface area contributed by atoms with E-state index in [4.69, 9.17) is 9.15 Å². The number of hydrogen-bond acceptors (Lipinski definition) is 3. The lowest BCUT2D eigenvalue weighted by Crippen LogP contribution is -2.30. The maximum atomic E-state index is 12.0. The highest BCUT2D eigenvalue weighted by atomic mass is 79.9. The van der Waals surface area contributed by atoms with E-state index in [0.29, 0.717) is 23.6 Å². The van der Waals surface area contributed by atoms with Gasteiger partial charge in [-0.3, -0.25) is 4.79 Å². The van der Waals surface area contributed by atoms with Gasteiger partial charge in [0.25, 0.3) is 5.91 Å². The first-order valence-corrected chi connectivity index (χ1v) is 7.28. The molecule has 1 atom stereocenters. The number of carbonyl (C=O) groups excluding carboxylic acids is 1. The Bertz CT molecular complexity index is 623. The number of benzene rings is 1. The number of hydrogen-bond donors (Lipinski definition) is 1. The normalized spacial score (nSPS) is 17.1. The highest BCUT2D eigenvalue weighted by Crippen LogP contribution is 2.32. The third-order valence-corrected chi connectivity index (χ3v) is 3.81. The third-order valence-electron chi connectivity index (χ3n) is 3.39. The first-order valence-electron chi connectivity index (χ1n) is 6.49. The van der Waals surface area contributed by atoms with Crippen LogP contribution in [0.1, 0.15) is 28.5 Å². The second-order valence-corrected chi connectivity index (χ2v) is 5.47. The molecule has 2 heterocycles. The topological polar surface area (TPSA) is 51.5 Å². The standard InChI is InChI=1S/C15H14BrNO3/c16-14-6-5-13(20-14)15(18)17-9-10-7-8-19-12-4-2-1-3-11(10)12/h1-6,10H,7-9H2,(H,17,18). The van der Waals surface area contributed by atoms with Gasteiger partial charge in [-0.15, -0.1) is 0 Å². The number of fused-ring (bicyclic) bond motifs is 1. The quantitative estimate of drug-likeness (QED) is 0.935. The van der Waals surface area contributed by atoms with E-state index in [-0.39, 0.29) is 11.8 Å². The van der Waals surface area contributed by atoms with Crippen molar-refractivity contribution in [1.82, 2.24) is 5.32 Å². The predicted molar refractivity (Wildman–Crippen MR) is 78.0 cm³/mol. The van der Waals surface area contributed by atoms with Crippen molar-refractivity contribution in [1.29, 1.82) is 0 Å². The molecule has 1 amide bonds. The average Bonchev–Trinajstić information content (AvgIpc) is 2.91. The van der Waals surface area contributed by atoms with Crippen LogP contribution < -0.4 is 10.1 Å². The molecule has 0 saturated heterocycles. The van der Waals surface area contributed by atoms with Crippen LogP contribution in [-0.4, -0.2) is 19.1 Å². The lowest BCUT2D eigenvalue weighted by atomic mass is 9.93. The molecule has 20 heavy (non-hydrogen) atoms. The zero-order chi connectivity index (χ0) is 13.9. The predicted octanol–water partition coefficient (Wildman–Crippen LogP) is 3.34. The molecule has 0 radical (unpaired) electrons. The van der Waals surface area contributed by atoms with Gasteiger partial charge in [-0.25, -0.2) is 0 Å². The number of furan rings is 1. The number of rotatable bonds is 3. The summed E-state index contributed by atoms with van der Waals surface area (Å²) in [4.78, 5) is 12.0. The van der Waals surface area contributed by atoms with E-state index in [1.807, 2.05) is 18.2 Å². The molecule has 0 saturated carbocycles. The minimum atomic E-state index is -0.195. The highest BCUT2D eigenvalue weighted by molar-refractivity contribution is 9.10. The van der Waals surface area contributed by atoms with E-state index in [1.54, 1.807) is 12.1 Å². The molecular formula is C15H14BrNO3. The van der Waals surface area contributed by atoms with Crippen LogP contribution in [0.4, 0.5) is 0 Å². The van der Waals surface area contributed by atoms with E-state index in [9.17, 15) is 4.79 Å². The van der Waals surface area contributed by atoms with Crippen molar-refractivity contribution in [3.63, 3.8) is 0 Å². The summed E-state index contributed by atoms with van der Waals surface area (Å²) >= 11 is 3.19. The number of ether oxygens (including phenoxy) is 1. The van der Waals surface area contributed by atoms with Crippen LogP contribution in [0.25, 0.3) is 0 Å². The summed E-state index contributed by atoms with van der Waals surface area (Å²) in [6.45, 7) is 1.27. The lowest BCUT2D eigenvalue weighted by molar-refractivity contribution is 0.0919. The fourth-order valence-electron chi connectivity index (χ4n) is 2.37. The molecule has 0 aliphatic carbocycles. The van der Waals surface area contributed by atoms with Gasteiger partial charge in [0, 0.05) is 12.5 Å². The van der Waals surface area contributed by atoms with Crippen LogP contribution in [-0.2, 0) is 0 Å². The zero-order valence-corrected chi connectivity index (χ0v) is 12.4. The maximum Gasteiger partial charge on any atom is 0.287 e. The summed E-state index contributed by atoms with van der Waals surface area (Å²) in [5, 5.41) is 2.91. The number of halogens is 1. The number of amides is 1. The Morgan fingerprint density at radius 3 is 2.95 bits per heavy atom. The Morgan fingerprint density at radius 2 is 2.15 bits per heavy atom. The van der Waals surface area contributed by atoms with Gasteiger partial charge >= 0.3 is 0 Å². The second-order valence-electron chi connectivity index (χ2n) is 4.69. The fraction of sp³-hybridized carbons (Fsp3) is 0.267. The smallest absolute Gasteiger partial charge is 0.287 e. The monoisotopic (exact) mass is 335 g/mol. The first-order chi connectivity index (χ1) is 9.74. The molecule has 0 fully saturated rings. The Balaban J connectivity index is 1.66. The van der Waals surface area contributed by atoms with E-state index in [1.165, 1.54) is 0 Å². The van der Waals surface area contributed by atoms with Gasteiger partial charge in [0.15, 0.2) is 10.4 Å².